The summed E-state index contributed by atoms with van der Waals surface area (Å²) in [5.41, 5.74) is 1.65. The normalized spacial score (nSPS) is 10.7. The average Bonchev–Trinajstić information content (AvgIpc) is 3.13. The summed E-state index contributed by atoms with van der Waals surface area (Å²) < 4.78 is 11.3. The molecule has 1 heterocycles. The van der Waals surface area contributed by atoms with Gasteiger partial charge in [0.15, 0.2) is 17.3 Å². The number of ether oxygens (including phenoxy) is 1. The van der Waals surface area contributed by atoms with Crippen LogP contribution in [0.15, 0.2) is 49.9 Å². The van der Waals surface area contributed by atoms with Gasteiger partial charge in [-0.3, -0.25) is 0 Å². The van der Waals surface area contributed by atoms with Crippen molar-refractivity contribution in [3.8, 4) is 34.3 Å². The predicted octanol–water partition coefficient (Wildman–Crippen LogP) is 5.12. The zero-order valence-electron chi connectivity index (χ0n) is 13.5. The Labute approximate surface area is 165 Å². The number of hydrogen-bond acceptors (Lipinski definition) is 6. The number of rotatable bonds is 4. The van der Waals surface area contributed by atoms with Crippen LogP contribution in [-0.2, 0) is 4.74 Å². The van der Waals surface area contributed by atoms with Crippen LogP contribution >= 0.6 is 31.9 Å². The molecule has 6 nitrogen and oxygen atoms in total. The molecule has 0 saturated carbocycles. The number of carbonyl (C=O) groups excluding carboxylic acids is 1. The second-order valence-electron chi connectivity index (χ2n) is 5.24. The molecule has 3 aromatic rings. The summed E-state index contributed by atoms with van der Waals surface area (Å²) in [6.07, 6.45) is 1.54. The Hall–Kier alpha value is -2.32. The summed E-state index contributed by atoms with van der Waals surface area (Å²) in [7, 11) is 0. The number of phenols is 2. The van der Waals surface area contributed by atoms with Crippen LogP contribution in [0, 0.1) is 0 Å². The third-order valence-corrected chi connectivity index (χ3v) is 4.99. The third-order valence-electron chi connectivity index (χ3n) is 3.58. The van der Waals surface area contributed by atoms with Crippen molar-refractivity contribution >= 4 is 37.8 Å². The highest BCUT2D eigenvalue weighted by atomic mass is 79.9. The maximum absolute atomic E-state index is 11.7. The molecule has 1 aromatic heterocycles. The molecule has 0 unspecified atom stereocenters. The molecular weight excluding hydrogens is 470 g/mol. The number of oxazole rings is 1. The second kappa shape index (κ2) is 7.51. The summed E-state index contributed by atoms with van der Waals surface area (Å²) in [5, 5.41) is 19.7. The van der Waals surface area contributed by atoms with Gasteiger partial charge in [-0.1, -0.05) is 12.1 Å². The summed E-state index contributed by atoms with van der Waals surface area (Å²) in [6.45, 7) is 2.07. The maximum Gasteiger partial charge on any atom is 0.338 e. The third kappa shape index (κ3) is 3.47. The highest BCUT2D eigenvalue weighted by Gasteiger charge is 2.19. The minimum absolute atomic E-state index is 0.261. The van der Waals surface area contributed by atoms with Gasteiger partial charge >= 0.3 is 5.97 Å². The summed E-state index contributed by atoms with van der Waals surface area (Å²) in [4.78, 5) is 15.9. The number of phenolic OH excluding ortho intramolecular Hbond substituents is 2. The number of benzene rings is 2. The largest absolute Gasteiger partial charge is 0.503 e. The Bertz CT molecular complexity index is 966. The van der Waals surface area contributed by atoms with E-state index in [1.807, 2.05) is 0 Å². The molecule has 26 heavy (non-hydrogen) atoms. The smallest absolute Gasteiger partial charge is 0.338 e. The van der Waals surface area contributed by atoms with Crippen LogP contribution in [-0.4, -0.2) is 27.8 Å². The highest BCUT2D eigenvalue weighted by molar-refractivity contribution is 9.11. The summed E-state index contributed by atoms with van der Waals surface area (Å²) >= 11 is 6.40. The molecule has 2 aromatic carbocycles. The fourth-order valence-corrected chi connectivity index (χ4v) is 3.16. The molecule has 0 spiro atoms. The number of aromatic nitrogens is 1. The van der Waals surface area contributed by atoms with Gasteiger partial charge < -0.3 is 19.4 Å². The maximum atomic E-state index is 11.7. The predicted molar refractivity (Wildman–Crippen MR) is 102 cm³/mol. The molecule has 0 fully saturated rings. The lowest BCUT2D eigenvalue weighted by Crippen LogP contribution is -2.03. The fourth-order valence-electron chi connectivity index (χ4n) is 2.28. The van der Waals surface area contributed by atoms with Crippen LogP contribution in [0.1, 0.15) is 17.3 Å². The number of halogens is 2. The Morgan fingerprint density at radius 3 is 2.54 bits per heavy atom. The molecule has 0 saturated heterocycles. The van der Waals surface area contributed by atoms with Crippen LogP contribution in [0.5, 0.6) is 11.5 Å². The Morgan fingerprint density at radius 2 is 1.88 bits per heavy atom. The molecular formula is C18H13Br2NO5. The molecule has 3 rings (SSSR count). The van der Waals surface area contributed by atoms with Gasteiger partial charge in [0, 0.05) is 5.56 Å². The molecule has 0 aliphatic heterocycles. The van der Waals surface area contributed by atoms with E-state index in [1.165, 1.54) is 0 Å². The van der Waals surface area contributed by atoms with E-state index in [0.717, 1.165) is 5.56 Å². The molecule has 0 atom stereocenters. The van der Waals surface area contributed by atoms with Crippen molar-refractivity contribution in [3.63, 3.8) is 0 Å². The number of esters is 1. The van der Waals surface area contributed by atoms with E-state index in [2.05, 4.69) is 36.8 Å². The van der Waals surface area contributed by atoms with Crippen molar-refractivity contribution < 1.29 is 24.2 Å². The number of nitrogens with zero attached hydrogens (tertiary/aromatic N) is 1. The van der Waals surface area contributed by atoms with Crippen molar-refractivity contribution in [1.29, 1.82) is 0 Å². The average molecular weight is 483 g/mol. The number of carbonyl (C=O) groups is 1. The van der Waals surface area contributed by atoms with Crippen LogP contribution in [0.3, 0.4) is 0 Å². The van der Waals surface area contributed by atoms with Crippen molar-refractivity contribution in [2.24, 2.45) is 0 Å². The molecule has 0 aliphatic carbocycles. The SMILES string of the molecule is CCOC(=O)c1ccc(-c2cnc(-c3cc(Br)c(O)c(O)c3Br)o2)cc1. The van der Waals surface area contributed by atoms with E-state index in [4.69, 9.17) is 9.15 Å². The molecule has 0 amide bonds. The first-order valence-corrected chi connectivity index (χ1v) is 9.14. The van der Waals surface area contributed by atoms with Crippen LogP contribution in [0.2, 0.25) is 0 Å². The van der Waals surface area contributed by atoms with Gasteiger partial charge in [0.1, 0.15) is 0 Å². The lowest BCUT2D eigenvalue weighted by molar-refractivity contribution is 0.0526. The van der Waals surface area contributed by atoms with Gasteiger partial charge in [-0.25, -0.2) is 9.78 Å². The van der Waals surface area contributed by atoms with Gasteiger partial charge in [-0.05, 0) is 57.0 Å². The van der Waals surface area contributed by atoms with E-state index in [1.54, 1.807) is 43.5 Å². The summed E-state index contributed by atoms with van der Waals surface area (Å²) in [6, 6.07) is 8.34. The van der Waals surface area contributed by atoms with E-state index < -0.39 is 0 Å². The Kier molecular flexibility index (Phi) is 5.33. The number of aromatic hydroxyl groups is 2. The van der Waals surface area contributed by atoms with E-state index >= 15 is 0 Å². The van der Waals surface area contributed by atoms with Crippen molar-refractivity contribution in [1.82, 2.24) is 4.98 Å². The van der Waals surface area contributed by atoms with Gasteiger partial charge in [0.2, 0.25) is 5.89 Å². The van der Waals surface area contributed by atoms with E-state index in [0.29, 0.717) is 28.0 Å². The van der Waals surface area contributed by atoms with E-state index in [-0.39, 0.29) is 27.8 Å². The molecule has 0 bridgehead atoms. The van der Waals surface area contributed by atoms with Crippen molar-refractivity contribution in [2.75, 3.05) is 6.61 Å². The molecule has 8 heteroatoms. The minimum atomic E-state index is -0.384. The van der Waals surface area contributed by atoms with Crippen LogP contribution in [0.25, 0.3) is 22.8 Å². The second-order valence-corrected chi connectivity index (χ2v) is 6.89. The molecule has 0 radical (unpaired) electrons. The zero-order chi connectivity index (χ0) is 18.8. The topological polar surface area (TPSA) is 92.8 Å². The van der Waals surface area contributed by atoms with Crippen molar-refractivity contribution in [2.45, 2.75) is 6.92 Å². The van der Waals surface area contributed by atoms with E-state index in [9.17, 15) is 15.0 Å². The first kappa shape index (κ1) is 18.5. The summed E-state index contributed by atoms with van der Waals surface area (Å²) in [5.74, 6) is -0.219. The quantitative estimate of drug-likeness (QED) is 0.396. The monoisotopic (exact) mass is 481 g/mol. The molecule has 0 aliphatic rings. The lowest BCUT2D eigenvalue weighted by atomic mass is 10.1. The molecule has 134 valence electrons. The fraction of sp³-hybridized carbons (Fsp3) is 0.111. The van der Waals surface area contributed by atoms with Crippen LogP contribution < -0.4 is 0 Å². The lowest BCUT2D eigenvalue weighted by Gasteiger charge is -2.07. The highest BCUT2D eigenvalue weighted by Crippen LogP contribution is 2.45. The first-order chi connectivity index (χ1) is 12.4. The Morgan fingerprint density at radius 1 is 1.19 bits per heavy atom. The minimum Gasteiger partial charge on any atom is -0.503 e. The van der Waals surface area contributed by atoms with Crippen molar-refractivity contribution in [3.05, 3.63) is 51.0 Å². The van der Waals surface area contributed by atoms with Gasteiger partial charge in [0.05, 0.1) is 32.9 Å². The zero-order valence-corrected chi connectivity index (χ0v) is 16.7. The number of hydrogen-bond donors (Lipinski definition) is 2. The van der Waals surface area contributed by atoms with Gasteiger partial charge in [-0.2, -0.15) is 0 Å². The molecule has 2 N–H and O–H groups in total. The first-order valence-electron chi connectivity index (χ1n) is 7.56. The Balaban J connectivity index is 1.93. The van der Waals surface area contributed by atoms with Crippen LogP contribution in [0.4, 0.5) is 0 Å². The van der Waals surface area contributed by atoms with Gasteiger partial charge in [-0.15, -0.1) is 0 Å². The standard InChI is InChI=1S/C18H13Br2NO5/c1-2-25-18(24)10-5-3-9(4-6-10)13-8-21-17(26-13)11-7-12(19)15(22)16(23)14(11)20/h3-8,22-23H,2H2,1H3. The van der Waals surface area contributed by atoms with Gasteiger partial charge in [0.25, 0.3) is 0 Å².